The van der Waals surface area contributed by atoms with Gasteiger partial charge in [0.15, 0.2) is 4.90 Å². The maximum absolute atomic E-state index is 12.1. The molecule has 0 aliphatic heterocycles. The molecule has 5 heteroatoms. The van der Waals surface area contributed by atoms with Crippen LogP contribution in [0.15, 0.2) is 29.2 Å². The number of alkyl halides is 3. The fourth-order valence-corrected chi connectivity index (χ4v) is 1.76. The Bertz CT molecular complexity index is 361. The van der Waals surface area contributed by atoms with Gasteiger partial charge in [-0.25, -0.2) is 0 Å². The first-order valence-electron chi connectivity index (χ1n) is 3.83. The fraction of sp³-hybridized carbons (Fsp3) is 0.333. The molecule has 0 aliphatic carbocycles. The zero-order valence-electron chi connectivity index (χ0n) is 7.76. The highest BCUT2D eigenvalue weighted by Gasteiger charge is 2.31. The highest BCUT2D eigenvalue weighted by Crippen LogP contribution is 2.30. The molecule has 1 rings (SSSR count). The summed E-state index contributed by atoms with van der Waals surface area (Å²) in [5.74, 6) is 0. The van der Waals surface area contributed by atoms with Crippen LogP contribution < -0.4 is 0 Å². The van der Waals surface area contributed by atoms with Gasteiger partial charge in [-0.3, -0.25) is 0 Å². The third kappa shape index (κ3) is 2.57. The Hall–Kier alpha value is -0.840. The van der Waals surface area contributed by atoms with E-state index in [9.17, 15) is 17.4 Å². The van der Waals surface area contributed by atoms with E-state index in [0.29, 0.717) is 4.90 Å². The SMILES string of the molecule is C[S+](C)(=O)c1ccc(C(F)(F)F)cc1. The number of halogens is 3. The normalized spacial score (nSPS) is 12.9. The van der Waals surface area contributed by atoms with E-state index in [1.165, 1.54) is 24.6 Å². The van der Waals surface area contributed by atoms with Crippen molar-refractivity contribution in [2.75, 3.05) is 12.5 Å². The summed E-state index contributed by atoms with van der Waals surface area (Å²) in [6.45, 7) is 0. The molecule has 78 valence electrons. The third-order valence-electron chi connectivity index (χ3n) is 1.75. The number of hydrogen-bond donors (Lipinski definition) is 0. The van der Waals surface area contributed by atoms with Crippen LogP contribution in [-0.4, -0.2) is 12.5 Å². The molecular formula is C9H10F3OS+. The van der Waals surface area contributed by atoms with E-state index >= 15 is 0 Å². The lowest BCUT2D eigenvalue weighted by Crippen LogP contribution is -2.08. The number of benzene rings is 1. The second-order valence-corrected chi connectivity index (χ2v) is 6.19. The molecule has 0 spiro atoms. The minimum absolute atomic E-state index is 0.436. The average molecular weight is 223 g/mol. The lowest BCUT2D eigenvalue weighted by atomic mass is 10.2. The van der Waals surface area contributed by atoms with Gasteiger partial charge in [-0.15, -0.1) is 4.21 Å². The first kappa shape index (κ1) is 11.2. The Labute approximate surface area is 81.4 Å². The van der Waals surface area contributed by atoms with Gasteiger partial charge < -0.3 is 0 Å². The highest BCUT2D eigenvalue weighted by molar-refractivity contribution is 8.01. The topological polar surface area (TPSA) is 17.1 Å². The molecule has 0 aromatic heterocycles. The van der Waals surface area contributed by atoms with Gasteiger partial charge >= 0.3 is 6.18 Å². The molecule has 0 heterocycles. The molecular weight excluding hydrogens is 213 g/mol. The van der Waals surface area contributed by atoms with Crippen molar-refractivity contribution >= 4 is 9.93 Å². The van der Waals surface area contributed by atoms with Crippen molar-refractivity contribution < 1.29 is 17.4 Å². The summed E-state index contributed by atoms with van der Waals surface area (Å²) < 4.78 is 47.9. The fourth-order valence-electron chi connectivity index (χ4n) is 0.972. The largest absolute Gasteiger partial charge is 0.416 e. The molecule has 1 nitrogen and oxygen atoms in total. The van der Waals surface area contributed by atoms with E-state index in [0.717, 1.165) is 12.1 Å². The first-order chi connectivity index (χ1) is 6.21. The summed E-state index contributed by atoms with van der Waals surface area (Å²) in [6, 6.07) is 4.40. The van der Waals surface area contributed by atoms with E-state index in [-0.39, 0.29) is 0 Å². The Morgan fingerprint density at radius 3 is 1.79 bits per heavy atom. The van der Waals surface area contributed by atoms with Crippen LogP contribution in [0.2, 0.25) is 0 Å². The predicted octanol–water partition coefficient (Wildman–Crippen LogP) is 2.82. The van der Waals surface area contributed by atoms with Crippen molar-refractivity contribution in [3.05, 3.63) is 29.8 Å². The molecule has 14 heavy (non-hydrogen) atoms. The molecule has 0 radical (unpaired) electrons. The van der Waals surface area contributed by atoms with Gasteiger partial charge in [-0.2, -0.15) is 13.2 Å². The predicted molar refractivity (Wildman–Crippen MR) is 49.6 cm³/mol. The van der Waals surface area contributed by atoms with Crippen molar-refractivity contribution in [2.45, 2.75) is 11.1 Å². The smallest absolute Gasteiger partial charge is 0.166 e. The molecule has 0 fully saturated rings. The van der Waals surface area contributed by atoms with Crippen molar-refractivity contribution in [3.8, 4) is 0 Å². The molecule has 0 saturated carbocycles. The lowest BCUT2D eigenvalue weighted by molar-refractivity contribution is -0.137. The summed E-state index contributed by atoms with van der Waals surface area (Å²) >= 11 is 0. The Morgan fingerprint density at radius 2 is 1.50 bits per heavy atom. The Morgan fingerprint density at radius 1 is 1.07 bits per heavy atom. The van der Waals surface area contributed by atoms with E-state index in [2.05, 4.69) is 0 Å². The Balaban J connectivity index is 3.08. The van der Waals surface area contributed by atoms with Gasteiger partial charge in [0.25, 0.3) is 0 Å². The van der Waals surface area contributed by atoms with Gasteiger partial charge in [-0.1, -0.05) is 0 Å². The molecule has 0 amide bonds. The van der Waals surface area contributed by atoms with Gasteiger partial charge in [0.1, 0.15) is 22.4 Å². The van der Waals surface area contributed by atoms with Crippen molar-refractivity contribution in [1.82, 2.24) is 0 Å². The van der Waals surface area contributed by atoms with Crippen molar-refractivity contribution in [1.29, 1.82) is 0 Å². The van der Waals surface area contributed by atoms with Gasteiger partial charge in [0.2, 0.25) is 0 Å². The maximum atomic E-state index is 12.1. The summed E-state index contributed by atoms with van der Waals surface area (Å²) in [6.07, 6.45) is -1.34. The van der Waals surface area contributed by atoms with Crippen LogP contribution in [0, 0.1) is 0 Å². The molecule has 1 aromatic carbocycles. The van der Waals surface area contributed by atoms with Crippen LogP contribution >= 0.6 is 0 Å². The summed E-state index contributed by atoms with van der Waals surface area (Å²) in [7, 11) is -2.18. The molecule has 0 atom stereocenters. The number of hydrogen-bond acceptors (Lipinski definition) is 1. The molecule has 0 bridgehead atoms. The monoisotopic (exact) mass is 223 g/mol. The van der Waals surface area contributed by atoms with Crippen LogP contribution in [0.3, 0.4) is 0 Å². The second kappa shape index (κ2) is 3.38. The van der Waals surface area contributed by atoms with E-state index < -0.39 is 21.7 Å². The third-order valence-corrected chi connectivity index (χ3v) is 3.16. The average Bonchev–Trinajstić information content (AvgIpc) is 2.01. The second-order valence-electron chi connectivity index (χ2n) is 3.26. The summed E-state index contributed by atoms with van der Waals surface area (Å²) in [5.41, 5.74) is -0.718. The van der Waals surface area contributed by atoms with Gasteiger partial charge in [-0.05, 0) is 24.3 Å². The summed E-state index contributed by atoms with van der Waals surface area (Å²) in [5, 5.41) is 0. The van der Waals surface area contributed by atoms with Gasteiger partial charge in [0.05, 0.1) is 5.56 Å². The van der Waals surface area contributed by atoms with E-state index in [4.69, 9.17) is 0 Å². The van der Waals surface area contributed by atoms with E-state index in [1.807, 2.05) is 0 Å². The van der Waals surface area contributed by atoms with Crippen LogP contribution in [0.1, 0.15) is 5.56 Å². The zero-order valence-corrected chi connectivity index (χ0v) is 8.58. The van der Waals surface area contributed by atoms with Crippen molar-refractivity contribution in [3.63, 3.8) is 0 Å². The molecule has 0 N–H and O–H groups in total. The van der Waals surface area contributed by atoms with Crippen LogP contribution in [0.25, 0.3) is 0 Å². The highest BCUT2D eigenvalue weighted by atomic mass is 32.2. The van der Waals surface area contributed by atoms with Crippen LogP contribution in [0.5, 0.6) is 0 Å². The quantitative estimate of drug-likeness (QED) is 0.669. The number of rotatable bonds is 1. The Kier molecular flexibility index (Phi) is 2.71. The maximum Gasteiger partial charge on any atom is 0.416 e. The van der Waals surface area contributed by atoms with Crippen LogP contribution in [-0.2, 0) is 20.3 Å². The first-order valence-corrected chi connectivity index (χ1v) is 6.20. The molecule has 0 unspecified atom stereocenters. The standard InChI is InChI=1S/C9H10F3OS/c1-14(2,13)8-5-3-7(4-6-8)9(10,11)12/h3-6H,1-2H3/q+1. The molecule has 0 aliphatic rings. The lowest BCUT2D eigenvalue weighted by Gasteiger charge is -2.06. The zero-order chi connectivity index (χ0) is 11.0. The molecule has 1 aromatic rings. The minimum atomic E-state index is -4.33. The molecule has 0 saturated heterocycles. The van der Waals surface area contributed by atoms with E-state index in [1.54, 1.807) is 0 Å². The van der Waals surface area contributed by atoms with Crippen LogP contribution in [0.4, 0.5) is 13.2 Å². The van der Waals surface area contributed by atoms with Gasteiger partial charge in [0, 0.05) is 0 Å². The summed E-state index contributed by atoms with van der Waals surface area (Å²) in [4.78, 5) is 0.436. The van der Waals surface area contributed by atoms with Crippen molar-refractivity contribution in [2.24, 2.45) is 0 Å². The minimum Gasteiger partial charge on any atom is -0.166 e.